The fourth-order valence-corrected chi connectivity index (χ4v) is 2.75. The quantitative estimate of drug-likeness (QED) is 0.415. The number of carbonyl (C=O) groups is 2. The minimum atomic E-state index is -0.556. The highest BCUT2D eigenvalue weighted by Gasteiger charge is 2.14. The van der Waals surface area contributed by atoms with Crippen LogP contribution in [0, 0.1) is 0 Å². The number of amides is 2. The van der Waals surface area contributed by atoms with E-state index in [0.29, 0.717) is 30.2 Å². The molecule has 0 aliphatic carbocycles. The number of rotatable bonds is 9. The smallest absolute Gasteiger partial charge is 0.407 e. The number of nitrogens with zero attached hydrogens (tertiary/aromatic N) is 3. The van der Waals surface area contributed by atoms with Gasteiger partial charge in [-0.1, -0.05) is 18.2 Å². The van der Waals surface area contributed by atoms with E-state index in [1.54, 1.807) is 19.4 Å². The predicted molar refractivity (Wildman–Crippen MR) is 113 cm³/mol. The molecule has 2 N–H and O–H groups in total. The summed E-state index contributed by atoms with van der Waals surface area (Å²) in [5, 5.41) is 10.4. The molecule has 0 atom stereocenters. The van der Waals surface area contributed by atoms with Gasteiger partial charge in [-0.25, -0.2) is 9.78 Å². The largest absolute Gasteiger partial charge is 0.448 e. The van der Waals surface area contributed by atoms with Crippen molar-refractivity contribution in [3.05, 3.63) is 60.4 Å². The average Bonchev–Trinajstić information content (AvgIpc) is 3.19. The van der Waals surface area contributed by atoms with Crippen LogP contribution in [0.5, 0.6) is 0 Å². The molecule has 9 heteroatoms. The number of para-hydroxylation sites is 1. The molecule has 30 heavy (non-hydrogen) atoms. The number of H-pyrrole nitrogens is 1. The Morgan fingerprint density at radius 1 is 1.17 bits per heavy atom. The van der Waals surface area contributed by atoms with Crippen LogP contribution in [-0.2, 0) is 14.3 Å². The number of benzene rings is 1. The number of aromatic nitrogens is 3. The molecule has 3 aromatic rings. The zero-order valence-corrected chi connectivity index (χ0v) is 16.6. The van der Waals surface area contributed by atoms with E-state index < -0.39 is 6.09 Å². The fourth-order valence-electron chi connectivity index (χ4n) is 2.75. The lowest BCUT2D eigenvalue weighted by molar-refractivity contribution is -0.114. The third kappa shape index (κ3) is 5.65. The number of methoxy groups -OCH3 is 1. The molecule has 0 bridgehead atoms. The van der Waals surface area contributed by atoms with Crippen LogP contribution in [0.15, 0.2) is 54.7 Å². The van der Waals surface area contributed by atoms with Crippen LogP contribution in [-0.4, -0.2) is 60.6 Å². The Balaban J connectivity index is 1.66. The van der Waals surface area contributed by atoms with Crippen molar-refractivity contribution >= 4 is 34.8 Å². The summed E-state index contributed by atoms with van der Waals surface area (Å²) in [4.78, 5) is 30.3. The second-order valence-corrected chi connectivity index (χ2v) is 6.23. The van der Waals surface area contributed by atoms with Crippen LogP contribution in [0.4, 0.5) is 10.5 Å². The average molecular weight is 409 g/mol. The first-order valence-corrected chi connectivity index (χ1v) is 9.42. The number of hydrogen-bond donors (Lipinski definition) is 2. The number of hydrogen-bond acceptors (Lipinski definition) is 6. The van der Waals surface area contributed by atoms with Crippen LogP contribution in [0.25, 0.3) is 17.1 Å². The number of alkyl carbamates (subject to hydrolysis) is 1. The number of anilines is 1. The van der Waals surface area contributed by atoms with Gasteiger partial charge in [0.15, 0.2) is 5.65 Å². The summed E-state index contributed by atoms with van der Waals surface area (Å²) >= 11 is 0. The van der Waals surface area contributed by atoms with Gasteiger partial charge < -0.3 is 19.7 Å². The highest BCUT2D eigenvalue weighted by Crippen LogP contribution is 2.16. The van der Waals surface area contributed by atoms with Crippen LogP contribution in [0.1, 0.15) is 5.69 Å². The van der Waals surface area contributed by atoms with Crippen molar-refractivity contribution in [2.45, 2.75) is 0 Å². The molecule has 0 fully saturated rings. The van der Waals surface area contributed by atoms with E-state index in [0.717, 1.165) is 5.39 Å². The van der Waals surface area contributed by atoms with Gasteiger partial charge in [0.2, 0.25) is 0 Å². The van der Waals surface area contributed by atoms with E-state index in [4.69, 9.17) is 9.47 Å². The van der Waals surface area contributed by atoms with Gasteiger partial charge in [-0.2, -0.15) is 5.10 Å². The summed E-state index contributed by atoms with van der Waals surface area (Å²) in [6.07, 6.45) is 4.21. The number of carbonyl (C=O) groups excluding carboxylic acids is 2. The van der Waals surface area contributed by atoms with E-state index in [2.05, 4.69) is 20.5 Å². The molecule has 156 valence electrons. The predicted octanol–water partition coefficient (Wildman–Crippen LogP) is 2.38. The standard InChI is InChI=1S/C21H23N5O4/c1-29-14-12-23-21(28)30-15-13-26(16-6-3-2-4-7-16)19(27)10-9-18-17-8-5-11-22-20(17)25-24-18/h2-11H,12-15H2,1H3,(H,23,28)(H,22,24,25)/b10-9+. The van der Waals surface area contributed by atoms with Crippen molar-refractivity contribution in [3.8, 4) is 0 Å². The minimum Gasteiger partial charge on any atom is -0.448 e. The first-order chi connectivity index (χ1) is 14.7. The summed E-state index contributed by atoms with van der Waals surface area (Å²) in [5.74, 6) is -0.253. The number of pyridine rings is 1. The molecule has 0 saturated carbocycles. The Bertz CT molecular complexity index is 1000. The molecule has 2 heterocycles. The molecular weight excluding hydrogens is 386 g/mol. The summed E-state index contributed by atoms with van der Waals surface area (Å²) < 4.78 is 10.0. The Kier molecular flexibility index (Phi) is 7.51. The lowest BCUT2D eigenvalue weighted by Crippen LogP contribution is -2.35. The molecule has 0 radical (unpaired) electrons. The molecule has 9 nitrogen and oxygen atoms in total. The lowest BCUT2D eigenvalue weighted by atomic mass is 10.2. The van der Waals surface area contributed by atoms with Crippen LogP contribution >= 0.6 is 0 Å². The third-order valence-corrected chi connectivity index (χ3v) is 4.21. The second kappa shape index (κ2) is 10.7. The van der Waals surface area contributed by atoms with Crippen molar-refractivity contribution < 1.29 is 19.1 Å². The van der Waals surface area contributed by atoms with Gasteiger partial charge in [0, 0.05) is 37.0 Å². The summed E-state index contributed by atoms with van der Waals surface area (Å²) in [7, 11) is 1.55. The number of aromatic amines is 1. The van der Waals surface area contributed by atoms with Gasteiger partial charge in [-0.05, 0) is 30.3 Å². The Hall–Kier alpha value is -3.72. The lowest BCUT2D eigenvalue weighted by Gasteiger charge is -2.21. The topological polar surface area (TPSA) is 109 Å². The van der Waals surface area contributed by atoms with Crippen molar-refractivity contribution in [1.82, 2.24) is 20.5 Å². The van der Waals surface area contributed by atoms with Crippen molar-refractivity contribution in [2.24, 2.45) is 0 Å². The number of fused-ring (bicyclic) bond motifs is 1. The van der Waals surface area contributed by atoms with E-state index in [9.17, 15) is 9.59 Å². The molecule has 1 aromatic carbocycles. The zero-order chi connectivity index (χ0) is 21.2. The molecule has 3 rings (SSSR count). The maximum absolute atomic E-state index is 12.9. The monoisotopic (exact) mass is 409 g/mol. The maximum atomic E-state index is 12.9. The Labute approximate surface area is 173 Å². The first kappa shape index (κ1) is 21.0. The summed E-state index contributed by atoms with van der Waals surface area (Å²) in [6, 6.07) is 12.9. The molecule has 0 aliphatic rings. The SMILES string of the molecule is COCCNC(=O)OCCN(C(=O)/C=C/c1[nH]nc2ncccc12)c1ccccc1. The molecular formula is C21H23N5O4. The molecule has 0 unspecified atom stereocenters. The second-order valence-electron chi connectivity index (χ2n) is 6.23. The zero-order valence-electron chi connectivity index (χ0n) is 16.6. The normalized spacial score (nSPS) is 11.0. The van der Waals surface area contributed by atoms with Gasteiger partial charge >= 0.3 is 6.09 Å². The molecule has 2 amide bonds. The van der Waals surface area contributed by atoms with Gasteiger partial charge in [0.25, 0.3) is 5.91 Å². The van der Waals surface area contributed by atoms with Gasteiger partial charge in [-0.15, -0.1) is 0 Å². The van der Waals surface area contributed by atoms with Gasteiger partial charge in [-0.3, -0.25) is 9.89 Å². The van der Waals surface area contributed by atoms with Crippen LogP contribution in [0.3, 0.4) is 0 Å². The van der Waals surface area contributed by atoms with E-state index in [-0.39, 0.29) is 19.1 Å². The number of ether oxygens (including phenoxy) is 2. The van der Waals surface area contributed by atoms with Crippen LogP contribution in [0.2, 0.25) is 0 Å². The van der Waals surface area contributed by atoms with Gasteiger partial charge in [0.1, 0.15) is 6.61 Å². The summed E-state index contributed by atoms with van der Waals surface area (Å²) in [6.45, 7) is 0.999. The Morgan fingerprint density at radius 3 is 2.80 bits per heavy atom. The molecule has 0 spiro atoms. The summed E-state index contributed by atoms with van der Waals surface area (Å²) in [5.41, 5.74) is 1.97. The minimum absolute atomic E-state index is 0.0458. The Morgan fingerprint density at radius 2 is 2.00 bits per heavy atom. The first-order valence-electron chi connectivity index (χ1n) is 9.42. The molecule has 2 aromatic heterocycles. The van der Waals surface area contributed by atoms with Crippen molar-refractivity contribution in [2.75, 3.05) is 38.3 Å². The van der Waals surface area contributed by atoms with Gasteiger partial charge in [0.05, 0.1) is 18.8 Å². The highest BCUT2D eigenvalue weighted by atomic mass is 16.5. The fraction of sp³-hybridized carbons (Fsp3) is 0.238. The number of nitrogens with one attached hydrogen (secondary N) is 2. The highest BCUT2D eigenvalue weighted by molar-refractivity contribution is 6.04. The third-order valence-electron chi connectivity index (χ3n) is 4.21. The van der Waals surface area contributed by atoms with Crippen molar-refractivity contribution in [1.29, 1.82) is 0 Å². The van der Waals surface area contributed by atoms with Crippen molar-refractivity contribution in [3.63, 3.8) is 0 Å². The molecule has 0 aliphatic heterocycles. The van der Waals surface area contributed by atoms with Crippen LogP contribution < -0.4 is 10.2 Å². The van der Waals surface area contributed by atoms with E-state index in [1.165, 1.54) is 11.0 Å². The van der Waals surface area contributed by atoms with E-state index in [1.807, 2.05) is 42.5 Å². The maximum Gasteiger partial charge on any atom is 0.407 e. The molecule has 0 saturated heterocycles. The van der Waals surface area contributed by atoms with E-state index >= 15 is 0 Å².